The molecule has 3 aromatic carbocycles. The molecule has 0 fully saturated rings. The van der Waals surface area contributed by atoms with Gasteiger partial charge in [-0.15, -0.1) is 0 Å². The van der Waals surface area contributed by atoms with Crippen molar-refractivity contribution in [2.24, 2.45) is 0 Å². The van der Waals surface area contributed by atoms with Gasteiger partial charge in [-0.2, -0.15) is 17.5 Å². The number of hydrogen-bond acceptors (Lipinski definition) is 3. The van der Waals surface area contributed by atoms with Crippen LogP contribution >= 0.6 is 0 Å². The van der Waals surface area contributed by atoms with Gasteiger partial charge in [0.2, 0.25) is 15.9 Å². The fourth-order valence-corrected chi connectivity index (χ4v) is 4.73. The van der Waals surface area contributed by atoms with E-state index in [0.717, 1.165) is 24.3 Å². The summed E-state index contributed by atoms with van der Waals surface area (Å²) in [5.41, 5.74) is -0.546. The highest BCUT2D eigenvalue weighted by atomic mass is 32.2. The molecule has 0 N–H and O–H groups in total. The molecule has 0 radical (unpaired) electrons. The molecule has 10 heteroatoms. The summed E-state index contributed by atoms with van der Waals surface area (Å²) < 4.78 is 81.2. The number of halogens is 4. The average Bonchev–Trinajstić information content (AvgIpc) is 2.79. The highest BCUT2D eigenvalue weighted by Gasteiger charge is 2.39. The molecular weight excluding hydrogens is 460 g/mol. The summed E-state index contributed by atoms with van der Waals surface area (Å²) in [7, 11) is -3.33. The lowest BCUT2D eigenvalue weighted by molar-refractivity contribution is -0.139. The number of alkyl halides is 3. The molecule has 0 bridgehead atoms. The van der Waals surface area contributed by atoms with Gasteiger partial charge in [-0.3, -0.25) is 4.79 Å². The van der Waals surface area contributed by atoms with E-state index in [1.54, 1.807) is 30.3 Å². The summed E-state index contributed by atoms with van der Waals surface area (Å²) >= 11 is 0. The van der Waals surface area contributed by atoms with Crippen LogP contribution in [0.2, 0.25) is 0 Å². The first-order valence-electron chi connectivity index (χ1n) is 9.72. The summed E-state index contributed by atoms with van der Waals surface area (Å²) in [6.45, 7) is -1.15. The quantitative estimate of drug-likeness (QED) is 0.461. The van der Waals surface area contributed by atoms with E-state index >= 15 is 0 Å². The molecule has 0 aliphatic carbocycles. The van der Waals surface area contributed by atoms with Gasteiger partial charge in [-0.05, 0) is 42.0 Å². The number of carbonyl (C=O) groups excluding carboxylic acids is 1. The van der Waals surface area contributed by atoms with E-state index in [2.05, 4.69) is 0 Å². The number of sulfonamides is 1. The second-order valence-electron chi connectivity index (χ2n) is 7.18. The molecule has 0 aromatic heterocycles. The summed E-state index contributed by atoms with van der Waals surface area (Å²) in [4.78, 5) is 13.1. The molecule has 0 saturated heterocycles. The number of carbonyl (C=O) groups is 1. The first kappa shape index (κ1) is 24.4. The summed E-state index contributed by atoms with van der Waals surface area (Å²) in [6.07, 6.45) is -4.92. The van der Waals surface area contributed by atoms with Crippen LogP contribution < -0.4 is 4.90 Å². The number of hydrogen-bond donors (Lipinski definition) is 0. The first-order valence-corrected chi connectivity index (χ1v) is 11.2. The largest absolute Gasteiger partial charge is 0.417 e. The Kier molecular flexibility index (Phi) is 7.19. The minimum Gasteiger partial charge on any atom is -0.314 e. The third-order valence-corrected chi connectivity index (χ3v) is 6.76. The Morgan fingerprint density at radius 2 is 1.45 bits per heavy atom. The van der Waals surface area contributed by atoms with Gasteiger partial charge in [-0.25, -0.2) is 12.8 Å². The van der Waals surface area contributed by atoms with E-state index < -0.39 is 51.5 Å². The predicted octanol–water partition coefficient (Wildman–Crippen LogP) is 4.70. The van der Waals surface area contributed by atoms with Gasteiger partial charge in [0.05, 0.1) is 17.0 Å². The Morgan fingerprint density at radius 3 is 2.06 bits per heavy atom. The molecule has 0 unspecified atom stereocenters. The first-order chi connectivity index (χ1) is 15.5. The minimum absolute atomic E-state index is 0.305. The van der Waals surface area contributed by atoms with Gasteiger partial charge in [0.25, 0.3) is 0 Å². The Hall–Kier alpha value is -3.24. The van der Waals surface area contributed by atoms with Crippen molar-refractivity contribution >= 4 is 21.6 Å². The van der Waals surface area contributed by atoms with Crippen molar-refractivity contribution in [3.63, 3.8) is 0 Å². The van der Waals surface area contributed by atoms with Gasteiger partial charge in [-0.1, -0.05) is 42.5 Å². The van der Waals surface area contributed by atoms with Crippen molar-refractivity contribution in [1.29, 1.82) is 0 Å². The highest BCUT2D eigenvalue weighted by molar-refractivity contribution is 7.89. The van der Waals surface area contributed by atoms with Crippen LogP contribution in [0.25, 0.3) is 0 Å². The maximum atomic E-state index is 13.5. The highest BCUT2D eigenvalue weighted by Crippen LogP contribution is 2.35. The van der Waals surface area contributed by atoms with Crippen molar-refractivity contribution in [3.8, 4) is 0 Å². The lowest BCUT2D eigenvalue weighted by atomic mass is 10.2. The Labute approximate surface area is 188 Å². The number of nitrogens with zero attached hydrogens (tertiary/aromatic N) is 2. The van der Waals surface area contributed by atoms with Gasteiger partial charge in [0, 0.05) is 19.3 Å². The fourth-order valence-electron chi connectivity index (χ4n) is 3.14. The normalized spacial score (nSPS) is 12.1. The molecule has 0 aliphatic rings. The van der Waals surface area contributed by atoms with Crippen molar-refractivity contribution in [2.75, 3.05) is 18.5 Å². The topological polar surface area (TPSA) is 57.7 Å². The molecule has 174 valence electrons. The third kappa shape index (κ3) is 5.77. The van der Waals surface area contributed by atoms with Crippen LogP contribution in [0.3, 0.4) is 0 Å². The SMILES string of the molecule is CN(C(=O)CN(Cc1ccc(F)cc1)S(=O)(=O)c1ccccc1C(F)(F)F)c1ccccc1. The molecule has 0 saturated carbocycles. The fraction of sp³-hybridized carbons (Fsp3) is 0.174. The average molecular weight is 480 g/mol. The molecule has 0 atom stereocenters. The van der Waals surface area contributed by atoms with Crippen molar-refractivity contribution in [1.82, 2.24) is 4.31 Å². The van der Waals surface area contributed by atoms with Crippen LogP contribution in [0.5, 0.6) is 0 Å². The maximum Gasteiger partial charge on any atom is 0.417 e. The van der Waals surface area contributed by atoms with Gasteiger partial charge in [0.1, 0.15) is 5.82 Å². The Balaban J connectivity index is 2.01. The molecule has 0 spiro atoms. The molecule has 3 aromatic rings. The lowest BCUT2D eigenvalue weighted by Crippen LogP contribution is -2.41. The van der Waals surface area contributed by atoms with Crippen LogP contribution in [0.15, 0.2) is 83.8 Å². The van der Waals surface area contributed by atoms with Gasteiger partial charge in [0.15, 0.2) is 0 Å². The molecule has 3 rings (SSSR count). The van der Waals surface area contributed by atoms with Crippen molar-refractivity contribution in [3.05, 3.63) is 95.8 Å². The zero-order chi connectivity index (χ0) is 24.2. The van der Waals surface area contributed by atoms with E-state index in [9.17, 15) is 30.8 Å². The molecule has 0 aliphatic heterocycles. The number of rotatable bonds is 7. The summed E-state index contributed by atoms with van der Waals surface area (Å²) in [5, 5.41) is 0. The van der Waals surface area contributed by atoms with Gasteiger partial charge < -0.3 is 4.90 Å². The van der Waals surface area contributed by atoms with E-state index in [1.807, 2.05) is 0 Å². The number of benzene rings is 3. The number of para-hydroxylation sites is 1. The van der Waals surface area contributed by atoms with Crippen molar-refractivity contribution in [2.45, 2.75) is 17.6 Å². The van der Waals surface area contributed by atoms with Gasteiger partial charge >= 0.3 is 6.18 Å². The Morgan fingerprint density at radius 1 is 0.879 bits per heavy atom. The minimum atomic E-state index is -4.92. The Bertz CT molecular complexity index is 1210. The van der Waals surface area contributed by atoms with Crippen LogP contribution in [-0.2, 0) is 27.5 Å². The van der Waals surface area contributed by atoms with Crippen LogP contribution in [-0.4, -0.2) is 32.2 Å². The second-order valence-corrected chi connectivity index (χ2v) is 9.09. The van der Waals surface area contributed by atoms with Crippen LogP contribution in [0.1, 0.15) is 11.1 Å². The summed E-state index contributed by atoms with van der Waals surface area (Å²) in [5.74, 6) is -1.22. The monoisotopic (exact) mass is 480 g/mol. The molecule has 0 heterocycles. The number of amides is 1. The standard InChI is InChI=1S/C23H20F4N2O3S/c1-28(19-7-3-2-4-8-19)22(30)16-29(15-17-11-13-18(24)14-12-17)33(31,32)21-10-6-5-9-20(21)23(25,26)27/h2-14H,15-16H2,1H3. The van der Waals surface area contributed by atoms with E-state index in [-0.39, 0.29) is 0 Å². The van der Waals surface area contributed by atoms with E-state index in [1.165, 1.54) is 30.1 Å². The molecular formula is C23H20F4N2O3S. The predicted molar refractivity (Wildman–Crippen MR) is 115 cm³/mol. The van der Waals surface area contributed by atoms with Crippen LogP contribution in [0.4, 0.5) is 23.2 Å². The maximum absolute atomic E-state index is 13.5. The zero-order valence-electron chi connectivity index (χ0n) is 17.5. The molecule has 5 nitrogen and oxygen atoms in total. The van der Waals surface area contributed by atoms with Crippen molar-refractivity contribution < 1.29 is 30.8 Å². The molecule has 33 heavy (non-hydrogen) atoms. The van der Waals surface area contributed by atoms with E-state index in [0.29, 0.717) is 21.6 Å². The molecule has 1 amide bonds. The number of anilines is 1. The number of likely N-dealkylation sites (N-methyl/N-ethyl adjacent to an activating group) is 1. The van der Waals surface area contributed by atoms with Crippen LogP contribution in [0, 0.1) is 5.82 Å². The smallest absolute Gasteiger partial charge is 0.314 e. The third-order valence-electron chi connectivity index (χ3n) is 4.91. The summed E-state index contributed by atoms with van der Waals surface area (Å²) in [6, 6.07) is 17.0. The lowest BCUT2D eigenvalue weighted by Gasteiger charge is -2.26. The second kappa shape index (κ2) is 9.72. The van der Waals surface area contributed by atoms with E-state index in [4.69, 9.17) is 0 Å². The zero-order valence-corrected chi connectivity index (χ0v) is 18.3.